The Morgan fingerprint density at radius 2 is 1.95 bits per heavy atom. The Morgan fingerprint density at radius 1 is 1.14 bits per heavy atom. The molecule has 0 aromatic heterocycles. The molecule has 0 radical (unpaired) electrons. The topological polar surface area (TPSA) is 41.1 Å². The van der Waals surface area contributed by atoms with E-state index in [9.17, 15) is 4.79 Å². The number of nitrogens with one attached hydrogen (secondary N) is 2. The minimum atomic E-state index is -0.0430. The number of carbonyl (C=O) groups excluding carboxylic acids is 1. The monoisotopic (exact) mass is 286 g/mol. The highest BCUT2D eigenvalue weighted by atomic mass is 16.2. The molecule has 1 aliphatic carbocycles. The van der Waals surface area contributed by atoms with Crippen LogP contribution in [-0.2, 0) is 17.6 Å². The second kappa shape index (κ2) is 6.61. The second-order valence-electron chi connectivity index (χ2n) is 6.46. The van der Waals surface area contributed by atoms with E-state index >= 15 is 0 Å². The Morgan fingerprint density at radius 3 is 2.81 bits per heavy atom. The molecule has 1 fully saturated rings. The van der Waals surface area contributed by atoms with Gasteiger partial charge < -0.3 is 5.32 Å². The van der Waals surface area contributed by atoms with Gasteiger partial charge in [-0.25, -0.2) is 0 Å². The number of fused-ring (bicyclic) bond motifs is 1. The predicted octanol–water partition coefficient (Wildman–Crippen LogP) is 2.88. The average molecular weight is 286 g/mol. The highest BCUT2D eigenvalue weighted by molar-refractivity contribution is 5.81. The van der Waals surface area contributed by atoms with E-state index in [0.29, 0.717) is 0 Å². The minimum Gasteiger partial charge on any atom is -0.355 e. The van der Waals surface area contributed by atoms with Crippen LogP contribution < -0.4 is 10.6 Å². The molecule has 0 spiro atoms. The molecule has 2 aliphatic rings. The van der Waals surface area contributed by atoms with Gasteiger partial charge in [-0.15, -0.1) is 0 Å². The molecule has 3 nitrogen and oxygen atoms in total. The lowest BCUT2D eigenvalue weighted by atomic mass is 9.89. The molecule has 3 heteroatoms. The Kier molecular flexibility index (Phi) is 4.59. The summed E-state index contributed by atoms with van der Waals surface area (Å²) in [6.45, 7) is 2.99. The van der Waals surface area contributed by atoms with Crippen LogP contribution in [0, 0.1) is 0 Å². The van der Waals surface area contributed by atoms with Gasteiger partial charge >= 0.3 is 0 Å². The van der Waals surface area contributed by atoms with Gasteiger partial charge in [-0.2, -0.15) is 0 Å². The number of amides is 1. The largest absolute Gasteiger partial charge is 0.355 e. The Bertz CT molecular complexity index is 512. The van der Waals surface area contributed by atoms with Crippen molar-refractivity contribution in [1.29, 1.82) is 0 Å². The molecule has 3 rings (SSSR count). The lowest BCUT2D eigenvalue weighted by Crippen LogP contribution is -2.43. The summed E-state index contributed by atoms with van der Waals surface area (Å²) in [5.74, 6) is 0.164. The van der Waals surface area contributed by atoms with E-state index in [1.165, 1.54) is 42.4 Å². The van der Waals surface area contributed by atoms with Crippen LogP contribution in [0.4, 0.5) is 0 Å². The molecule has 1 aromatic rings. The van der Waals surface area contributed by atoms with Gasteiger partial charge in [0.05, 0.1) is 6.04 Å². The van der Waals surface area contributed by atoms with Crippen molar-refractivity contribution in [2.75, 3.05) is 6.54 Å². The molecule has 0 unspecified atom stereocenters. The van der Waals surface area contributed by atoms with Crippen molar-refractivity contribution >= 4 is 5.91 Å². The van der Waals surface area contributed by atoms with Crippen molar-refractivity contribution in [3.8, 4) is 0 Å². The number of carbonyl (C=O) groups is 1. The second-order valence-corrected chi connectivity index (χ2v) is 6.46. The fourth-order valence-electron chi connectivity index (χ4n) is 3.52. The number of hydrogen-bond donors (Lipinski definition) is 2. The Balaban J connectivity index is 1.69. The summed E-state index contributed by atoms with van der Waals surface area (Å²) in [5, 5.41) is 6.52. The molecule has 1 heterocycles. The first-order valence-electron chi connectivity index (χ1n) is 8.39. The van der Waals surface area contributed by atoms with E-state index in [4.69, 9.17) is 0 Å². The molecule has 21 heavy (non-hydrogen) atoms. The van der Waals surface area contributed by atoms with Crippen molar-refractivity contribution in [1.82, 2.24) is 10.6 Å². The van der Waals surface area contributed by atoms with Gasteiger partial charge in [0, 0.05) is 12.6 Å². The highest BCUT2D eigenvalue weighted by Crippen LogP contribution is 2.25. The van der Waals surface area contributed by atoms with Gasteiger partial charge in [0.15, 0.2) is 0 Å². The van der Waals surface area contributed by atoms with E-state index in [1.807, 2.05) is 0 Å². The molecule has 1 aliphatic heterocycles. The number of aryl methyl sites for hydroxylation is 2. The summed E-state index contributed by atoms with van der Waals surface area (Å²) in [5.41, 5.74) is 4.34. The average Bonchev–Trinajstić information content (AvgIpc) is 2.72. The third kappa shape index (κ3) is 3.46. The summed E-state index contributed by atoms with van der Waals surface area (Å²) < 4.78 is 0. The summed E-state index contributed by atoms with van der Waals surface area (Å²) in [7, 11) is 0. The molecule has 114 valence electrons. The lowest BCUT2D eigenvalue weighted by Gasteiger charge is -2.23. The Hall–Kier alpha value is -1.35. The zero-order valence-electron chi connectivity index (χ0n) is 13.0. The van der Waals surface area contributed by atoms with E-state index in [2.05, 4.69) is 35.8 Å². The Labute approximate surface area is 127 Å². The van der Waals surface area contributed by atoms with Gasteiger partial charge in [-0.3, -0.25) is 10.1 Å². The zero-order valence-corrected chi connectivity index (χ0v) is 13.0. The van der Waals surface area contributed by atoms with Crippen LogP contribution in [-0.4, -0.2) is 18.5 Å². The van der Waals surface area contributed by atoms with E-state index < -0.39 is 0 Å². The summed E-state index contributed by atoms with van der Waals surface area (Å²) in [4.78, 5) is 12.0. The van der Waals surface area contributed by atoms with Crippen molar-refractivity contribution in [2.45, 2.75) is 64.0 Å². The van der Waals surface area contributed by atoms with Crippen LogP contribution in [0.2, 0.25) is 0 Å². The third-order valence-electron chi connectivity index (χ3n) is 4.86. The smallest absolute Gasteiger partial charge is 0.237 e. The van der Waals surface area contributed by atoms with Gasteiger partial charge in [0.1, 0.15) is 0 Å². The third-order valence-corrected chi connectivity index (χ3v) is 4.86. The fraction of sp³-hybridized carbons (Fsp3) is 0.611. The maximum atomic E-state index is 12.0. The van der Waals surface area contributed by atoms with Crippen LogP contribution in [0.15, 0.2) is 18.2 Å². The standard InChI is InChI=1S/C18H26N2O/c1-13(20-17-8-4-5-11-19-18(17)21)15-10-9-14-6-2-3-7-16(14)12-15/h9-10,12-13,17,20H,2-8,11H2,1H3,(H,19,21)/t13-,17+/m1/s1. The van der Waals surface area contributed by atoms with Crippen LogP contribution in [0.3, 0.4) is 0 Å². The van der Waals surface area contributed by atoms with E-state index in [-0.39, 0.29) is 18.0 Å². The molecule has 1 amide bonds. The van der Waals surface area contributed by atoms with Crippen LogP contribution in [0.5, 0.6) is 0 Å². The maximum Gasteiger partial charge on any atom is 0.237 e. The maximum absolute atomic E-state index is 12.0. The first kappa shape index (κ1) is 14.6. The van der Waals surface area contributed by atoms with Gasteiger partial charge in [-0.05, 0) is 68.6 Å². The van der Waals surface area contributed by atoms with Gasteiger partial charge in [-0.1, -0.05) is 18.2 Å². The summed E-state index contributed by atoms with van der Waals surface area (Å²) in [6.07, 6.45) is 8.22. The SMILES string of the molecule is C[C@@H](N[C@H]1CCCCNC1=O)c1ccc2c(c1)CCCC2. The van der Waals surface area contributed by atoms with Crippen molar-refractivity contribution < 1.29 is 4.79 Å². The summed E-state index contributed by atoms with van der Waals surface area (Å²) in [6, 6.07) is 7.05. The van der Waals surface area contributed by atoms with E-state index in [1.54, 1.807) is 0 Å². The predicted molar refractivity (Wildman–Crippen MR) is 85.3 cm³/mol. The first-order chi connectivity index (χ1) is 10.2. The number of rotatable bonds is 3. The van der Waals surface area contributed by atoms with Gasteiger partial charge in [0.2, 0.25) is 5.91 Å². The molecule has 0 saturated carbocycles. The molecule has 1 aromatic carbocycles. The van der Waals surface area contributed by atoms with Crippen LogP contribution >= 0.6 is 0 Å². The first-order valence-corrected chi connectivity index (χ1v) is 8.39. The fourth-order valence-corrected chi connectivity index (χ4v) is 3.52. The van der Waals surface area contributed by atoms with Crippen molar-refractivity contribution in [3.05, 3.63) is 34.9 Å². The zero-order chi connectivity index (χ0) is 14.7. The molecule has 2 N–H and O–H groups in total. The quantitative estimate of drug-likeness (QED) is 0.897. The molecular weight excluding hydrogens is 260 g/mol. The highest BCUT2D eigenvalue weighted by Gasteiger charge is 2.22. The van der Waals surface area contributed by atoms with Gasteiger partial charge in [0.25, 0.3) is 0 Å². The molecule has 1 saturated heterocycles. The van der Waals surface area contributed by atoms with Crippen molar-refractivity contribution in [2.24, 2.45) is 0 Å². The lowest BCUT2D eigenvalue weighted by molar-refractivity contribution is -0.123. The number of hydrogen-bond acceptors (Lipinski definition) is 2. The normalized spacial score (nSPS) is 23.9. The molecule has 2 atom stereocenters. The summed E-state index contributed by atoms with van der Waals surface area (Å²) >= 11 is 0. The minimum absolute atomic E-state index is 0.0430. The molecular formula is C18H26N2O. The van der Waals surface area contributed by atoms with Crippen molar-refractivity contribution in [3.63, 3.8) is 0 Å². The van der Waals surface area contributed by atoms with Crippen LogP contribution in [0.25, 0.3) is 0 Å². The molecule has 0 bridgehead atoms. The van der Waals surface area contributed by atoms with Crippen LogP contribution in [0.1, 0.15) is 61.8 Å². The van der Waals surface area contributed by atoms with E-state index in [0.717, 1.165) is 25.8 Å². The number of benzene rings is 1.